The van der Waals surface area contributed by atoms with Crippen LogP contribution >= 0.6 is 24.0 Å². The maximum atomic E-state index is 5.44. The van der Waals surface area contributed by atoms with Gasteiger partial charge in [0.2, 0.25) is 0 Å². The molecular formula is C12H22N2S2. The highest BCUT2D eigenvalue weighted by Crippen LogP contribution is 2.34. The van der Waals surface area contributed by atoms with Crippen LogP contribution in [-0.4, -0.2) is 38.6 Å². The summed E-state index contributed by atoms with van der Waals surface area (Å²) in [5.41, 5.74) is 0.435. The van der Waals surface area contributed by atoms with Gasteiger partial charge in [-0.2, -0.15) is 0 Å². The molecule has 2 aliphatic heterocycles. The van der Waals surface area contributed by atoms with Gasteiger partial charge in [-0.25, -0.2) is 0 Å². The third kappa shape index (κ3) is 2.71. The summed E-state index contributed by atoms with van der Waals surface area (Å²) in [6.45, 7) is 10.3. The van der Waals surface area contributed by atoms with Crippen LogP contribution in [0.15, 0.2) is 0 Å². The largest absolute Gasteiger partial charge is 0.354 e. The summed E-state index contributed by atoms with van der Waals surface area (Å²) in [5.74, 6) is 1.17. The van der Waals surface area contributed by atoms with Gasteiger partial charge in [0.15, 0.2) is 0 Å². The fraction of sp³-hybridized carbons (Fsp3) is 0.917. The van der Waals surface area contributed by atoms with Crippen molar-refractivity contribution in [2.45, 2.75) is 57.7 Å². The second-order valence-electron chi connectivity index (χ2n) is 6.26. The number of piperidine rings is 1. The normalized spacial score (nSPS) is 29.8. The van der Waals surface area contributed by atoms with Crippen LogP contribution in [0.5, 0.6) is 0 Å². The highest BCUT2D eigenvalue weighted by molar-refractivity contribution is 8.23. The van der Waals surface area contributed by atoms with Gasteiger partial charge in [0.1, 0.15) is 4.32 Å². The third-order valence-electron chi connectivity index (χ3n) is 3.40. The molecule has 0 radical (unpaired) electrons. The molecule has 2 rings (SSSR count). The van der Waals surface area contributed by atoms with Crippen molar-refractivity contribution in [3.05, 3.63) is 0 Å². The highest BCUT2D eigenvalue weighted by Gasteiger charge is 2.41. The Labute approximate surface area is 109 Å². The fourth-order valence-electron chi connectivity index (χ4n) is 3.23. The van der Waals surface area contributed by atoms with Gasteiger partial charge in [-0.05, 0) is 40.5 Å². The molecule has 16 heavy (non-hydrogen) atoms. The molecule has 2 nitrogen and oxygen atoms in total. The monoisotopic (exact) mass is 258 g/mol. The van der Waals surface area contributed by atoms with E-state index in [-0.39, 0.29) is 11.1 Å². The Morgan fingerprint density at radius 2 is 1.81 bits per heavy atom. The molecule has 0 atom stereocenters. The maximum absolute atomic E-state index is 5.44. The fourth-order valence-corrected chi connectivity index (χ4v) is 4.59. The van der Waals surface area contributed by atoms with E-state index >= 15 is 0 Å². The van der Waals surface area contributed by atoms with Crippen molar-refractivity contribution in [3.8, 4) is 0 Å². The Balaban J connectivity index is 2.13. The van der Waals surface area contributed by atoms with E-state index in [1.54, 1.807) is 0 Å². The third-order valence-corrected chi connectivity index (χ3v) is 4.86. The summed E-state index contributed by atoms with van der Waals surface area (Å²) in [5, 5.41) is 3.72. The molecule has 2 saturated heterocycles. The second-order valence-corrected chi connectivity index (χ2v) is 7.99. The standard InChI is InChI=1S/C12H22N2S2/c1-11(2)7-9(8-12(3,4)13-11)14-5-6-16-10(14)15/h9,13H,5-8H2,1-4H3. The van der Waals surface area contributed by atoms with E-state index in [0.717, 1.165) is 10.9 Å². The first-order valence-corrected chi connectivity index (χ1v) is 7.41. The zero-order valence-corrected chi connectivity index (χ0v) is 12.3. The van der Waals surface area contributed by atoms with Gasteiger partial charge in [0, 0.05) is 29.4 Å². The zero-order valence-electron chi connectivity index (χ0n) is 10.7. The van der Waals surface area contributed by atoms with E-state index in [9.17, 15) is 0 Å². The van der Waals surface area contributed by atoms with Crippen molar-refractivity contribution in [1.29, 1.82) is 0 Å². The Morgan fingerprint density at radius 3 is 2.25 bits per heavy atom. The van der Waals surface area contributed by atoms with Crippen molar-refractivity contribution in [1.82, 2.24) is 10.2 Å². The molecule has 0 amide bonds. The summed E-state index contributed by atoms with van der Waals surface area (Å²) < 4.78 is 1.11. The van der Waals surface area contributed by atoms with Gasteiger partial charge in [0.05, 0.1) is 0 Å². The molecule has 0 spiro atoms. The predicted octanol–water partition coefficient (Wildman–Crippen LogP) is 2.63. The summed E-state index contributed by atoms with van der Waals surface area (Å²) >= 11 is 7.28. The molecule has 0 aromatic heterocycles. The van der Waals surface area contributed by atoms with Gasteiger partial charge < -0.3 is 10.2 Å². The van der Waals surface area contributed by atoms with Crippen LogP contribution in [0.2, 0.25) is 0 Å². The molecule has 1 N–H and O–H groups in total. The number of hydrogen-bond donors (Lipinski definition) is 1. The van der Waals surface area contributed by atoms with E-state index in [1.165, 1.54) is 18.6 Å². The lowest BCUT2D eigenvalue weighted by Crippen LogP contribution is -2.62. The van der Waals surface area contributed by atoms with Gasteiger partial charge in [-0.3, -0.25) is 0 Å². The van der Waals surface area contributed by atoms with E-state index in [2.05, 4.69) is 37.9 Å². The van der Waals surface area contributed by atoms with Crippen LogP contribution in [0.25, 0.3) is 0 Å². The van der Waals surface area contributed by atoms with E-state index in [1.807, 2.05) is 11.8 Å². The molecule has 2 heterocycles. The Kier molecular flexibility index (Phi) is 3.28. The van der Waals surface area contributed by atoms with Gasteiger partial charge in [-0.1, -0.05) is 24.0 Å². The first-order chi connectivity index (χ1) is 7.29. The molecular weight excluding hydrogens is 236 g/mol. The number of rotatable bonds is 1. The molecule has 0 bridgehead atoms. The Bertz CT molecular complexity index is 283. The van der Waals surface area contributed by atoms with Crippen LogP contribution in [0, 0.1) is 0 Å². The number of thioether (sulfide) groups is 1. The minimum Gasteiger partial charge on any atom is -0.354 e. The molecule has 4 heteroatoms. The number of nitrogens with zero attached hydrogens (tertiary/aromatic N) is 1. The zero-order chi connectivity index (χ0) is 12.0. The molecule has 0 aliphatic carbocycles. The van der Waals surface area contributed by atoms with E-state index < -0.39 is 0 Å². The molecule has 2 aliphatic rings. The minimum atomic E-state index is 0.218. The van der Waals surface area contributed by atoms with Crippen molar-refractivity contribution >= 4 is 28.3 Å². The van der Waals surface area contributed by atoms with Crippen LogP contribution < -0.4 is 5.32 Å². The van der Waals surface area contributed by atoms with E-state index in [4.69, 9.17) is 12.2 Å². The second kappa shape index (κ2) is 4.14. The van der Waals surface area contributed by atoms with Crippen molar-refractivity contribution in [3.63, 3.8) is 0 Å². The maximum Gasteiger partial charge on any atom is 0.136 e. The lowest BCUT2D eigenvalue weighted by atomic mass is 9.79. The average Bonchev–Trinajstić information content (AvgIpc) is 2.45. The lowest BCUT2D eigenvalue weighted by Gasteiger charge is -2.49. The number of thiocarbonyl (C=S) groups is 1. The molecule has 0 aromatic carbocycles. The summed E-state index contributed by atoms with van der Waals surface area (Å²) in [6.07, 6.45) is 2.38. The quantitative estimate of drug-likeness (QED) is 0.727. The summed E-state index contributed by atoms with van der Waals surface area (Å²) in [4.78, 5) is 2.45. The van der Waals surface area contributed by atoms with Crippen LogP contribution in [0.4, 0.5) is 0 Å². The van der Waals surface area contributed by atoms with Crippen molar-refractivity contribution in [2.75, 3.05) is 12.3 Å². The SMILES string of the molecule is CC1(C)CC(N2CCSC2=S)CC(C)(C)N1. The van der Waals surface area contributed by atoms with Crippen LogP contribution in [0.3, 0.4) is 0 Å². The molecule has 92 valence electrons. The Hall–Kier alpha value is 0.200. The minimum absolute atomic E-state index is 0.218. The lowest BCUT2D eigenvalue weighted by molar-refractivity contribution is 0.109. The van der Waals surface area contributed by atoms with Crippen molar-refractivity contribution in [2.24, 2.45) is 0 Å². The molecule has 0 aromatic rings. The smallest absolute Gasteiger partial charge is 0.136 e. The number of nitrogens with one attached hydrogen (secondary N) is 1. The highest BCUT2D eigenvalue weighted by atomic mass is 32.2. The van der Waals surface area contributed by atoms with Gasteiger partial charge in [-0.15, -0.1) is 0 Å². The average molecular weight is 258 g/mol. The summed E-state index contributed by atoms with van der Waals surface area (Å²) in [7, 11) is 0. The van der Waals surface area contributed by atoms with Crippen molar-refractivity contribution < 1.29 is 0 Å². The topological polar surface area (TPSA) is 15.3 Å². The Morgan fingerprint density at radius 1 is 1.25 bits per heavy atom. The van der Waals surface area contributed by atoms with Gasteiger partial charge >= 0.3 is 0 Å². The van der Waals surface area contributed by atoms with Crippen LogP contribution in [-0.2, 0) is 0 Å². The first kappa shape index (κ1) is 12.7. The predicted molar refractivity (Wildman–Crippen MR) is 76.1 cm³/mol. The molecule has 2 fully saturated rings. The molecule has 0 saturated carbocycles. The summed E-state index contributed by atoms with van der Waals surface area (Å²) in [6, 6.07) is 0.619. The first-order valence-electron chi connectivity index (χ1n) is 6.02. The number of hydrogen-bond acceptors (Lipinski definition) is 3. The van der Waals surface area contributed by atoms with Crippen LogP contribution in [0.1, 0.15) is 40.5 Å². The van der Waals surface area contributed by atoms with E-state index in [0.29, 0.717) is 6.04 Å². The molecule has 0 unspecified atom stereocenters. The van der Waals surface area contributed by atoms with Gasteiger partial charge in [0.25, 0.3) is 0 Å².